The second-order valence-electron chi connectivity index (χ2n) is 4.04. The first kappa shape index (κ1) is 12.7. The third-order valence-electron chi connectivity index (χ3n) is 2.70. The van der Waals surface area contributed by atoms with Gasteiger partial charge in [0.25, 0.3) is 0 Å². The Morgan fingerprint density at radius 2 is 2.11 bits per heavy atom. The van der Waals surface area contributed by atoms with E-state index >= 15 is 0 Å². The highest BCUT2D eigenvalue weighted by molar-refractivity contribution is 6.29. The molecular weight excluding hydrogens is 248 g/mol. The predicted molar refractivity (Wildman–Crippen MR) is 74.3 cm³/mol. The lowest BCUT2D eigenvalue weighted by atomic mass is 10.2. The Bertz CT molecular complexity index is 531. The molecule has 0 unspecified atom stereocenters. The van der Waals surface area contributed by atoms with E-state index in [4.69, 9.17) is 16.3 Å². The van der Waals surface area contributed by atoms with Crippen LogP contribution in [0.3, 0.4) is 0 Å². The first-order chi connectivity index (χ1) is 8.69. The Labute approximate surface area is 112 Å². The number of anilines is 1. The Morgan fingerprint density at radius 1 is 1.28 bits per heavy atom. The third-order valence-corrected chi connectivity index (χ3v) is 2.91. The van der Waals surface area contributed by atoms with Gasteiger partial charge >= 0.3 is 0 Å². The van der Waals surface area contributed by atoms with Gasteiger partial charge in [0.2, 0.25) is 0 Å². The number of rotatable bonds is 4. The first-order valence-corrected chi connectivity index (χ1v) is 6.02. The summed E-state index contributed by atoms with van der Waals surface area (Å²) in [5, 5.41) is 0.520. The van der Waals surface area contributed by atoms with Crippen molar-refractivity contribution in [1.29, 1.82) is 0 Å². The number of hydrogen-bond donors (Lipinski definition) is 0. The van der Waals surface area contributed by atoms with E-state index in [0.29, 0.717) is 5.15 Å². The molecule has 1 aromatic carbocycles. The van der Waals surface area contributed by atoms with Gasteiger partial charge in [-0.15, -0.1) is 0 Å². The monoisotopic (exact) mass is 262 g/mol. The summed E-state index contributed by atoms with van der Waals surface area (Å²) in [6, 6.07) is 11.8. The van der Waals surface area contributed by atoms with E-state index in [-0.39, 0.29) is 0 Å². The molecule has 2 aromatic rings. The summed E-state index contributed by atoms with van der Waals surface area (Å²) >= 11 is 5.87. The molecule has 2 rings (SSSR count). The third kappa shape index (κ3) is 3.14. The van der Waals surface area contributed by atoms with Gasteiger partial charge in [-0.1, -0.05) is 17.7 Å². The van der Waals surface area contributed by atoms with Gasteiger partial charge in [-0.3, -0.25) is 0 Å². The van der Waals surface area contributed by atoms with Crippen molar-refractivity contribution in [3.05, 3.63) is 53.3 Å². The molecule has 0 fully saturated rings. The number of halogens is 1. The number of hydrogen-bond acceptors (Lipinski definition) is 3. The molecule has 0 aliphatic rings. The lowest BCUT2D eigenvalue weighted by Gasteiger charge is -2.20. The van der Waals surface area contributed by atoms with Crippen LogP contribution in [-0.4, -0.2) is 19.1 Å². The Balaban J connectivity index is 2.13. The largest absolute Gasteiger partial charge is 0.497 e. The maximum absolute atomic E-state index is 5.87. The van der Waals surface area contributed by atoms with E-state index in [1.807, 2.05) is 43.4 Å². The van der Waals surface area contributed by atoms with Crippen LogP contribution in [-0.2, 0) is 6.54 Å². The topological polar surface area (TPSA) is 25.4 Å². The van der Waals surface area contributed by atoms with E-state index in [2.05, 4.69) is 9.88 Å². The summed E-state index contributed by atoms with van der Waals surface area (Å²) in [5.74, 6) is 0.854. The van der Waals surface area contributed by atoms with Crippen molar-refractivity contribution in [3.63, 3.8) is 0 Å². The minimum Gasteiger partial charge on any atom is -0.497 e. The molecule has 18 heavy (non-hydrogen) atoms. The van der Waals surface area contributed by atoms with Crippen molar-refractivity contribution in [2.75, 3.05) is 19.1 Å². The number of aromatic nitrogens is 1. The highest BCUT2D eigenvalue weighted by Crippen LogP contribution is 2.21. The smallest absolute Gasteiger partial charge is 0.129 e. The minimum absolute atomic E-state index is 0.520. The quantitative estimate of drug-likeness (QED) is 0.790. The SMILES string of the molecule is COc1cccc(N(C)Cc2ccnc(Cl)c2)c1. The number of ether oxygens (including phenoxy) is 1. The number of benzene rings is 1. The van der Waals surface area contributed by atoms with Crippen LogP contribution in [0.4, 0.5) is 5.69 Å². The van der Waals surface area contributed by atoms with Crippen LogP contribution in [0, 0.1) is 0 Å². The summed E-state index contributed by atoms with van der Waals surface area (Å²) in [7, 11) is 3.70. The fourth-order valence-corrected chi connectivity index (χ4v) is 1.95. The van der Waals surface area contributed by atoms with Crippen molar-refractivity contribution in [2.24, 2.45) is 0 Å². The zero-order valence-corrected chi connectivity index (χ0v) is 11.2. The van der Waals surface area contributed by atoms with Gasteiger partial charge in [0.05, 0.1) is 7.11 Å². The lowest BCUT2D eigenvalue weighted by molar-refractivity contribution is 0.415. The van der Waals surface area contributed by atoms with Crippen molar-refractivity contribution in [3.8, 4) is 5.75 Å². The second kappa shape index (κ2) is 5.74. The molecule has 4 heteroatoms. The van der Waals surface area contributed by atoms with Crippen LogP contribution in [0.5, 0.6) is 5.75 Å². The number of nitrogens with zero attached hydrogens (tertiary/aromatic N) is 2. The van der Waals surface area contributed by atoms with Crippen molar-refractivity contribution in [1.82, 2.24) is 4.98 Å². The zero-order valence-electron chi connectivity index (χ0n) is 10.4. The molecular formula is C14H15ClN2O. The number of methoxy groups -OCH3 is 1. The fourth-order valence-electron chi connectivity index (χ4n) is 1.75. The molecule has 0 N–H and O–H groups in total. The zero-order chi connectivity index (χ0) is 13.0. The molecule has 0 spiro atoms. The summed E-state index contributed by atoms with van der Waals surface area (Å²) in [5.41, 5.74) is 2.22. The first-order valence-electron chi connectivity index (χ1n) is 5.64. The number of pyridine rings is 1. The molecule has 0 aliphatic heterocycles. The standard InChI is InChI=1S/C14H15ClN2O/c1-17(10-11-6-7-16-14(15)8-11)12-4-3-5-13(9-12)18-2/h3-9H,10H2,1-2H3. The van der Waals surface area contributed by atoms with Crippen molar-refractivity contribution >= 4 is 17.3 Å². The van der Waals surface area contributed by atoms with Gasteiger partial charge < -0.3 is 9.64 Å². The van der Waals surface area contributed by atoms with Crippen LogP contribution in [0.25, 0.3) is 0 Å². The van der Waals surface area contributed by atoms with E-state index < -0.39 is 0 Å². The molecule has 94 valence electrons. The molecule has 3 nitrogen and oxygen atoms in total. The van der Waals surface area contributed by atoms with E-state index in [1.165, 1.54) is 0 Å². The summed E-state index contributed by atoms with van der Waals surface area (Å²) in [4.78, 5) is 6.11. The van der Waals surface area contributed by atoms with Gasteiger partial charge in [0.15, 0.2) is 0 Å². The van der Waals surface area contributed by atoms with Crippen molar-refractivity contribution in [2.45, 2.75) is 6.54 Å². The van der Waals surface area contributed by atoms with Crippen LogP contribution < -0.4 is 9.64 Å². The van der Waals surface area contributed by atoms with Gasteiger partial charge in [-0.25, -0.2) is 4.98 Å². The van der Waals surface area contributed by atoms with Crippen LogP contribution >= 0.6 is 11.6 Å². The predicted octanol–water partition coefficient (Wildman–Crippen LogP) is 3.38. The molecule has 0 bridgehead atoms. The molecule has 0 radical (unpaired) electrons. The molecule has 0 saturated carbocycles. The Kier molecular flexibility index (Phi) is 4.05. The molecule has 0 saturated heterocycles. The molecule has 0 aliphatic carbocycles. The Morgan fingerprint density at radius 3 is 2.83 bits per heavy atom. The van der Waals surface area contributed by atoms with E-state index in [9.17, 15) is 0 Å². The fraction of sp³-hybridized carbons (Fsp3) is 0.214. The van der Waals surface area contributed by atoms with E-state index in [1.54, 1.807) is 13.3 Å². The molecule has 1 heterocycles. The molecule has 0 atom stereocenters. The van der Waals surface area contributed by atoms with Crippen LogP contribution in [0.1, 0.15) is 5.56 Å². The van der Waals surface area contributed by atoms with Gasteiger partial charge in [-0.05, 0) is 29.8 Å². The minimum atomic E-state index is 0.520. The highest BCUT2D eigenvalue weighted by atomic mass is 35.5. The molecule has 1 aromatic heterocycles. The maximum Gasteiger partial charge on any atom is 0.129 e. The summed E-state index contributed by atoms with van der Waals surface area (Å²) < 4.78 is 5.22. The maximum atomic E-state index is 5.87. The molecule has 0 amide bonds. The van der Waals surface area contributed by atoms with Gasteiger partial charge in [0, 0.05) is 31.5 Å². The summed E-state index contributed by atoms with van der Waals surface area (Å²) in [6.45, 7) is 0.773. The van der Waals surface area contributed by atoms with Gasteiger partial charge in [-0.2, -0.15) is 0 Å². The lowest BCUT2D eigenvalue weighted by Crippen LogP contribution is -2.16. The Hall–Kier alpha value is -1.74. The van der Waals surface area contributed by atoms with Gasteiger partial charge in [0.1, 0.15) is 10.9 Å². The van der Waals surface area contributed by atoms with Crippen LogP contribution in [0.15, 0.2) is 42.6 Å². The summed E-state index contributed by atoms with van der Waals surface area (Å²) in [6.07, 6.45) is 1.72. The average Bonchev–Trinajstić information content (AvgIpc) is 2.39. The average molecular weight is 263 g/mol. The highest BCUT2D eigenvalue weighted by Gasteiger charge is 2.04. The van der Waals surface area contributed by atoms with Crippen molar-refractivity contribution < 1.29 is 4.74 Å². The van der Waals surface area contributed by atoms with E-state index in [0.717, 1.165) is 23.5 Å². The normalized spacial score (nSPS) is 10.2. The second-order valence-corrected chi connectivity index (χ2v) is 4.43. The van der Waals surface area contributed by atoms with Crippen LogP contribution in [0.2, 0.25) is 5.15 Å².